The summed E-state index contributed by atoms with van der Waals surface area (Å²) in [6.45, 7) is 3.28. The van der Waals surface area contributed by atoms with E-state index < -0.39 is 0 Å². The van der Waals surface area contributed by atoms with Crippen LogP contribution in [0.1, 0.15) is 19.8 Å². The van der Waals surface area contributed by atoms with E-state index in [9.17, 15) is 4.79 Å². The van der Waals surface area contributed by atoms with E-state index in [1.807, 2.05) is 18.2 Å². The average molecular weight is 281 g/mol. The number of ether oxygens (including phenoxy) is 2. The lowest BCUT2D eigenvalue weighted by molar-refractivity contribution is -0.113. The summed E-state index contributed by atoms with van der Waals surface area (Å²) in [6.07, 6.45) is 2.32. The Hall–Kier alpha value is -1.36. The third-order valence-electron chi connectivity index (χ3n) is 2.70. The quantitative estimate of drug-likeness (QED) is 0.814. The molecule has 1 heterocycles. The number of fused-ring (bicyclic) bond motifs is 1. The standard InChI is InChI=1S/C14H19NO3S/c1-2-3-8-19-10-14(16)15-11-4-5-12-13(9-11)18-7-6-17-12/h4-5,9H,2-3,6-8,10H2,1H3,(H,15,16). The second kappa shape index (κ2) is 7.28. The van der Waals surface area contributed by atoms with Gasteiger partial charge in [0, 0.05) is 11.8 Å². The maximum absolute atomic E-state index is 11.7. The number of hydrogen-bond acceptors (Lipinski definition) is 4. The molecule has 19 heavy (non-hydrogen) atoms. The molecule has 5 heteroatoms. The van der Waals surface area contributed by atoms with E-state index in [0.29, 0.717) is 24.7 Å². The van der Waals surface area contributed by atoms with Crippen molar-refractivity contribution in [1.29, 1.82) is 0 Å². The fraction of sp³-hybridized carbons (Fsp3) is 0.500. The Morgan fingerprint density at radius 3 is 2.89 bits per heavy atom. The Morgan fingerprint density at radius 1 is 1.32 bits per heavy atom. The first-order valence-corrected chi connectivity index (χ1v) is 7.72. The van der Waals surface area contributed by atoms with Crippen LogP contribution in [0.3, 0.4) is 0 Å². The molecule has 1 aromatic carbocycles. The fourth-order valence-electron chi connectivity index (χ4n) is 1.73. The molecule has 4 nitrogen and oxygen atoms in total. The van der Waals surface area contributed by atoms with E-state index in [1.54, 1.807) is 11.8 Å². The van der Waals surface area contributed by atoms with Gasteiger partial charge in [0.15, 0.2) is 11.5 Å². The van der Waals surface area contributed by atoms with Gasteiger partial charge in [-0.25, -0.2) is 0 Å². The monoisotopic (exact) mass is 281 g/mol. The van der Waals surface area contributed by atoms with Crippen molar-refractivity contribution in [3.63, 3.8) is 0 Å². The minimum absolute atomic E-state index is 0.0257. The van der Waals surface area contributed by atoms with Crippen molar-refractivity contribution in [3.8, 4) is 11.5 Å². The van der Waals surface area contributed by atoms with Crippen LogP contribution in [-0.4, -0.2) is 30.6 Å². The normalized spacial score (nSPS) is 13.1. The number of nitrogens with one attached hydrogen (secondary N) is 1. The molecule has 104 valence electrons. The van der Waals surface area contributed by atoms with Gasteiger partial charge in [-0.1, -0.05) is 13.3 Å². The largest absolute Gasteiger partial charge is 0.486 e. The third-order valence-corrected chi connectivity index (χ3v) is 3.74. The van der Waals surface area contributed by atoms with Gasteiger partial charge in [0.1, 0.15) is 13.2 Å². The minimum atomic E-state index is 0.0257. The summed E-state index contributed by atoms with van der Waals surface area (Å²) in [5.41, 5.74) is 0.755. The molecule has 0 saturated carbocycles. The first-order valence-electron chi connectivity index (χ1n) is 6.57. The van der Waals surface area contributed by atoms with Gasteiger partial charge in [-0.05, 0) is 24.3 Å². The predicted molar refractivity (Wildman–Crippen MR) is 78.3 cm³/mol. The molecule has 0 atom stereocenters. The summed E-state index contributed by atoms with van der Waals surface area (Å²) < 4.78 is 10.9. The van der Waals surface area contributed by atoms with Crippen LogP contribution in [0.15, 0.2) is 18.2 Å². The number of amides is 1. The zero-order valence-electron chi connectivity index (χ0n) is 11.1. The van der Waals surface area contributed by atoms with Crippen LogP contribution >= 0.6 is 11.8 Å². The van der Waals surface area contributed by atoms with Crippen molar-refractivity contribution >= 4 is 23.4 Å². The molecule has 1 aliphatic heterocycles. The number of rotatable bonds is 6. The zero-order valence-corrected chi connectivity index (χ0v) is 11.9. The van der Waals surface area contributed by atoms with Crippen molar-refractivity contribution < 1.29 is 14.3 Å². The second-order valence-corrected chi connectivity index (χ2v) is 5.42. The van der Waals surface area contributed by atoms with Gasteiger partial charge in [0.05, 0.1) is 5.75 Å². The molecule has 0 radical (unpaired) electrons. The lowest BCUT2D eigenvalue weighted by Crippen LogP contribution is -2.17. The summed E-state index contributed by atoms with van der Waals surface area (Å²) >= 11 is 1.67. The van der Waals surface area contributed by atoms with Crippen molar-refractivity contribution in [3.05, 3.63) is 18.2 Å². The Kier molecular flexibility index (Phi) is 5.39. The van der Waals surface area contributed by atoms with Gasteiger partial charge in [-0.2, -0.15) is 11.8 Å². The molecule has 0 saturated heterocycles. The Balaban J connectivity index is 1.83. The Labute approximate surface area is 117 Å². The number of hydrogen-bond donors (Lipinski definition) is 1. The smallest absolute Gasteiger partial charge is 0.234 e. The van der Waals surface area contributed by atoms with Gasteiger partial charge in [0.2, 0.25) is 5.91 Å². The van der Waals surface area contributed by atoms with Gasteiger partial charge < -0.3 is 14.8 Å². The first kappa shape index (κ1) is 14.1. The summed E-state index contributed by atoms with van der Waals surface area (Å²) in [7, 11) is 0. The molecule has 0 aromatic heterocycles. The van der Waals surface area contributed by atoms with Gasteiger partial charge in [-0.15, -0.1) is 0 Å². The predicted octanol–water partition coefficient (Wildman–Crippen LogP) is 2.93. The number of thioether (sulfide) groups is 1. The van der Waals surface area contributed by atoms with Crippen molar-refractivity contribution in [2.24, 2.45) is 0 Å². The van der Waals surface area contributed by atoms with E-state index in [4.69, 9.17) is 9.47 Å². The van der Waals surface area contributed by atoms with Crippen LogP contribution in [0.5, 0.6) is 11.5 Å². The van der Waals surface area contributed by atoms with Gasteiger partial charge >= 0.3 is 0 Å². The number of benzene rings is 1. The highest BCUT2D eigenvalue weighted by Gasteiger charge is 2.12. The van der Waals surface area contributed by atoms with Gasteiger partial charge in [0.25, 0.3) is 0 Å². The summed E-state index contributed by atoms with van der Waals surface area (Å²) in [6, 6.07) is 5.47. The van der Waals surface area contributed by atoms with E-state index in [2.05, 4.69) is 12.2 Å². The maximum atomic E-state index is 11.7. The molecule has 1 aromatic rings. The molecule has 0 bridgehead atoms. The molecule has 0 aliphatic carbocycles. The maximum Gasteiger partial charge on any atom is 0.234 e. The molecule has 1 N–H and O–H groups in total. The zero-order chi connectivity index (χ0) is 13.5. The number of carbonyl (C=O) groups is 1. The number of unbranched alkanes of at least 4 members (excludes halogenated alkanes) is 1. The summed E-state index contributed by atoms with van der Waals surface area (Å²) in [5, 5.41) is 2.87. The highest BCUT2D eigenvalue weighted by molar-refractivity contribution is 7.99. The van der Waals surface area contributed by atoms with E-state index in [1.165, 1.54) is 0 Å². The van der Waals surface area contributed by atoms with Crippen LogP contribution in [0.4, 0.5) is 5.69 Å². The molecule has 1 aliphatic rings. The average Bonchev–Trinajstić information content (AvgIpc) is 2.43. The number of carbonyl (C=O) groups excluding carboxylic acids is 1. The van der Waals surface area contributed by atoms with Crippen LogP contribution in [0, 0.1) is 0 Å². The fourth-order valence-corrected chi connectivity index (χ4v) is 2.62. The molecular weight excluding hydrogens is 262 g/mol. The van der Waals surface area contributed by atoms with E-state index in [0.717, 1.165) is 30.0 Å². The minimum Gasteiger partial charge on any atom is -0.486 e. The summed E-state index contributed by atoms with van der Waals surface area (Å²) in [4.78, 5) is 11.7. The molecular formula is C14H19NO3S. The molecule has 1 amide bonds. The van der Waals surface area contributed by atoms with Gasteiger partial charge in [-0.3, -0.25) is 4.79 Å². The van der Waals surface area contributed by atoms with Crippen molar-refractivity contribution in [2.45, 2.75) is 19.8 Å². The second-order valence-electron chi connectivity index (χ2n) is 4.31. The molecule has 0 fully saturated rings. The van der Waals surface area contributed by atoms with E-state index in [-0.39, 0.29) is 5.91 Å². The highest BCUT2D eigenvalue weighted by Crippen LogP contribution is 2.32. The topological polar surface area (TPSA) is 47.6 Å². The van der Waals surface area contributed by atoms with Crippen LogP contribution < -0.4 is 14.8 Å². The molecule has 0 unspecified atom stereocenters. The number of anilines is 1. The third kappa shape index (κ3) is 4.35. The lowest BCUT2D eigenvalue weighted by atomic mass is 10.2. The first-order chi connectivity index (χ1) is 9.29. The lowest BCUT2D eigenvalue weighted by Gasteiger charge is -2.19. The Bertz CT molecular complexity index is 437. The van der Waals surface area contributed by atoms with E-state index >= 15 is 0 Å². The van der Waals surface area contributed by atoms with Crippen LogP contribution in [-0.2, 0) is 4.79 Å². The SMILES string of the molecule is CCCCSCC(=O)Nc1ccc2c(c1)OCCO2. The van der Waals surface area contributed by atoms with Crippen LogP contribution in [0.25, 0.3) is 0 Å². The summed E-state index contributed by atoms with van der Waals surface area (Å²) in [5.74, 6) is 2.99. The van der Waals surface area contributed by atoms with Crippen molar-refractivity contribution in [1.82, 2.24) is 0 Å². The van der Waals surface area contributed by atoms with Crippen LogP contribution in [0.2, 0.25) is 0 Å². The molecule has 0 spiro atoms. The molecule has 2 rings (SSSR count). The highest BCUT2D eigenvalue weighted by atomic mass is 32.2. The van der Waals surface area contributed by atoms with Crippen molar-refractivity contribution in [2.75, 3.05) is 30.0 Å². The Morgan fingerprint density at radius 2 is 2.11 bits per heavy atom.